The SMILES string of the molecule is CCCCCCCCCCCCCCCC[C]1O[C@H](CO)[C@@H](O)[C@H](O)[C@H]1O. The average Bonchev–Trinajstić information content (AvgIpc) is 2.68. The average molecular weight is 388 g/mol. The largest absolute Gasteiger partial charge is 0.394 e. The van der Waals surface area contributed by atoms with Crippen molar-refractivity contribution in [3.05, 3.63) is 6.10 Å². The monoisotopic (exact) mass is 387 g/mol. The number of ether oxygens (including phenoxy) is 1. The van der Waals surface area contributed by atoms with Crippen LogP contribution in [0.15, 0.2) is 0 Å². The Labute approximate surface area is 166 Å². The Balaban J connectivity index is 1.92. The first kappa shape index (κ1) is 24.8. The summed E-state index contributed by atoms with van der Waals surface area (Å²) in [6.07, 6.45) is 14.5. The Kier molecular flexibility index (Phi) is 14.4. The van der Waals surface area contributed by atoms with Crippen molar-refractivity contribution < 1.29 is 25.2 Å². The van der Waals surface area contributed by atoms with Crippen LogP contribution >= 0.6 is 0 Å². The zero-order valence-electron chi connectivity index (χ0n) is 17.3. The maximum atomic E-state index is 9.97. The van der Waals surface area contributed by atoms with Gasteiger partial charge in [-0.3, -0.25) is 0 Å². The molecule has 0 unspecified atom stereocenters. The normalized spacial score (nSPS) is 26.6. The lowest BCUT2D eigenvalue weighted by Gasteiger charge is -2.39. The Morgan fingerprint density at radius 2 is 1.11 bits per heavy atom. The van der Waals surface area contributed by atoms with Crippen molar-refractivity contribution in [2.24, 2.45) is 0 Å². The first-order valence-corrected chi connectivity index (χ1v) is 11.3. The molecule has 5 nitrogen and oxygen atoms in total. The summed E-state index contributed by atoms with van der Waals surface area (Å²) in [5, 5.41) is 38.7. The van der Waals surface area contributed by atoms with Crippen LogP contribution in [0.4, 0.5) is 0 Å². The van der Waals surface area contributed by atoms with Gasteiger partial charge in [-0.2, -0.15) is 0 Å². The molecule has 5 heteroatoms. The van der Waals surface area contributed by atoms with Crippen molar-refractivity contribution >= 4 is 0 Å². The van der Waals surface area contributed by atoms with Crippen LogP contribution in [0.1, 0.15) is 103 Å². The third-order valence-electron chi connectivity index (χ3n) is 5.64. The van der Waals surface area contributed by atoms with Crippen molar-refractivity contribution in [2.75, 3.05) is 6.61 Å². The fourth-order valence-corrected chi connectivity index (χ4v) is 3.78. The predicted molar refractivity (Wildman–Crippen MR) is 108 cm³/mol. The topological polar surface area (TPSA) is 90.2 Å². The van der Waals surface area contributed by atoms with Gasteiger partial charge < -0.3 is 25.2 Å². The van der Waals surface area contributed by atoms with Crippen LogP contribution in [0.25, 0.3) is 0 Å². The number of aliphatic hydroxyl groups is 4. The van der Waals surface area contributed by atoms with Crippen molar-refractivity contribution in [1.29, 1.82) is 0 Å². The van der Waals surface area contributed by atoms with Gasteiger partial charge >= 0.3 is 0 Å². The van der Waals surface area contributed by atoms with E-state index in [2.05, 4.69) is 6.92 Å². The molecule has 27 heavy (non-hydrogen) atoms. The van der Waals surface area contributed by atoms with Gasteiger partial charge in [-0.25, -0.2) is 0 Å². The molecule has 0 bridgehead atoms. The Bertz CT molecular complexity index is 337. The highest BCUT2D eigenvalue weighted by atomic mass is 16.5. The second-order valence-corrected chi connectivity index (χ2v) is 8.08. The quantitative estimate of drug-likeness (QED) is 0.302. The minimum atomic E-state index is -1.28. The first-order chi connectivity index (χ1) is 13.1. The second-order valence-electron chi connectivity index (χ2n) is 8.08. The highest BCUT2D eigenvalue weighted by molar-refractivity contribution is 5.01. The highest BCUT2D eigenvalue weighted by Crippen LogP contribution is 2.30. The van der Waals surface area contributed by atoms with Crippen LogP contribution in [0, 0.1) is 6.10 Å². The standard InChI is InChI=1S/C22H43O5/c1-2-3-4-5-6-7-8-9-10-11-12-13-14-15-16-18-20(24)22(26)21(25)19(17-23)27-18/h19-26H,2-17H2,1H3/t19-,20+,21-,22-/m1/s1. The third kappa shape index (κ3) is 10.2. The van der Waals surface area contributed by atoms with Gasteiger partial charge in [-0.15, -0.1) is 0 Å². The van der Waals surface area contributed by atoms with E-state index in [0.717, 1.165) is 12.8 Å². The van der Waals surface area contributed by atoms with Gasteiger partial charge in [0.1, 0.15) is 30.5 Å². The lowest BCUT2D eigenvalue weighted by molar-refractivity contribution is -0.192. The Morgan fingerprint density at radius 1 is 0.667 bits per heavy atom. The summed E-state index contributed by atoms with van der Waals surface area (Å²) in [5.74, 6) is 0. The van der Waals surface area contributed by atoms with E-state index in [4.69, 9.17) is 4.74 Å². The summed E-state index contributed by atoms with van der Waals surface area (Å²) < 4.78 is 5.45. The molecular formula is C22H43O5. The molecule has 0 aromatic rings. The van der Waals surface area contributed by atoms with E-state index in [1.54, 1.807) is 0 Å². The van der Waals surface area contributed by atoms with Gasteiger partial charge in [0.05, 0.1) is 6.61 Å². The van der Waals surface area contributed by atoms with E-state index >= 15 is 0 Å². The van der Waals surface area contributed by atoms with Gasteiger partial charge in [-0.1, -0.05) is 96.8 Å². The van der Waals surface area contributed by atoms with Gasteiger partial charge in [0, 0.05) is 0 Å². The number of rotatable bonds is 16. The molecule has 1 aliphatic rings. The maximum Gasteiger partial charge on any atom is 0.129 e. The fourth-order valence-electron chi connectivity index (χ4n) is 3.78. The van der Waals surface area contributed by atoms with Gasteiger partial charge in [-0.05, 0) is 6.42 Å². The third-order valence-corrected chi connectivity index (χ3v) is 5.64. The van der Waals surface area contributed by atoms with Gasteiger partial charge in [0.2, 0.25) is 0 Å². The van der Waals surface area contributed by atoms with Crippen LogP contribution in [-0.2, 0) is 4.74 Å². The summed E-state index contributed by atoms with van der Waals surface area (Å²) in [6.45, 7) is 1.89. The molecule has 1 fully saturated rings. The molecule has 1 heterocycles. The maximum absolute atomic E-state index is 9.97. The zero-order chi connectivity index (χ0) is 19.9. The van der Waals surface area contributed by atoms with Crippen molar-refractivity contribution in [2.45, 2.75) is 128 Å². The molecular weight excluding hydrogens is 344 g/mol. The fraction of sp³-hybridized carbons (Fsp3) is 0.955. The van der Waals surface area contributed by atoms with E-state index < -0.39 is 24.4 Å². The molecule has 0 amide bonds. The molecule has 0 aromatic carbocycles. The van der Waals surface area contributed by atoms with Crippen LogP contribution in [0.5, 0.6) is 0 Å². The minimum absolute atomic E-state index is 0.368. The summed E-state index contributed by atoms with van der Waals surface area (Å²) >= 11 is 0. The van der Waals surface area contributed by atoms with Crippen molar-refractivity contribution in [3.63, 3.8) is 0 Å². The van der Waals surface area contributed by atoms with E-state index in [-0.39, 0.29) is 6.61 Å². The molecule has 1 rings (SSSR count). The molecule has 0 saturated carbocycles. The number of unbranched alkanes of at least 4 members (excludes halogenated alkanes) is 13. The van der Waals surface area contributed by atoms with E-state index in [0.29, 0.717) is 12.5 Å². The van der Waals surface area contributed by atoms with Crippen molar-refractivity contribution in [3.8, 4) is 0 Å². The summed E-state index contributed by atoms with van der Waals surface area (Å²) in [4.78, 5) is 0. The molecule has 1 aliphatic heterocycles. The molecule has 4 atom stereocenters. The Hall–Kier alpha value is -0.200. The molecule has 1 saturated heterocycles. The minimum Gasteiger partial charge on any atom is -0.394 e. The second kappa shape index (κ2) is 15.7. The lowest BCUT2D eigenvalue weighted by Crippen LogP contribution is -2.55. The van der Waals surface area contributed by atoms with E-state index in [9.17, 15) is 20.4 Å². The van der Waals surface area contributed by atoms with Crippen LogP contribution in [-0.4, -0.2) is 51.4 Å². The molecule has 161 valence electrons. The predicted octanol–water partition coefficient (Wildman–Crippen LogP) is 3.86. The van der Waals surface area contributed by atoms with Crippen molar-refractivity contribution in [1.82, 2.24) is 0 Å². The van der Waals surface area contributed by atoms with Crippen LogP contribution in [0.2, 0.25) is 0 Å². The molecule has 1 radical (unpaired) electrons. The molecule has 0 aromatic heterocycles. The molecule has 4 N–H and O–H groups in total. The molecule has 0 spiro atoms. The highest BCUT2D eigenvalue weighted by Gasteiger charge is 2.43. The number of hydrogen-bond donors (Lipinski definition) is 4. The summed E-state index contributed by atoms with van der Waals surface area (Å²) in [6, 6.07) is 0. The van der Waals surface area contributed by atoms with Crippen LogP contribution in [0.3, 0.4) is 0 Å². The zero-order valence-corrected chi connectivity index (χ0v) is 17.3. The van der Waals surface area contributed by atoms with E-state index in [1.807, 2.05) is 0 Å². The van der Waals surface area contributed by atoms with Gasteiger partial charge in [0.15, 0.2) is 0 Å². The number of aliphatic hydroxyl groups excluding tert-OH is 4. The summed E-state index contributed by atoms with van der Waals surface area (Å²) in [5.41, 5.74) is 0. The molecule has 0 aliphatic carbocycles. The lowest BCUT2D eigenvalue weighted by atomic mass is 9.92. The smallest absolute Gasteiger partial charge is 0.129 e. The summed E-state index contributed by atoms with van der Waals surface area (Å²) in [7, 11) is 0. The van der Waals surface area contributed by atoms with E-state index in [1.165, 1.54) is 77.0 Å². The first-order valence-electron chi connectivity index (χ1n) is 11.3. The van der Waals surface area contributed by atoms with Gasteiger partial charge in [0.25, 0.3) is 0 Å². The number of hydrogen-bond acceptors (Lipinski definition) is 5. The van der Waals surface area contributed by atoms with Crippen LogP contribution < -0.4 is 0 Å². The Morgan fingerprint density at radius 3 is 1.56 bits per heavy atom.